The van der Waals surface area contributed by atoms with E-state index >= 15 is 0 Å². The number of hydrogen-bond donors (Lipinski definition) is 1. The van der Waals surface area contributed by atoms with Crippen LogP contribution < -0.4 is 5.73 Å². The van der Waals surface area contributed by atoms with E-state index in [1.807, 2.05) is 0 Å². The van der Waals surface area contributed by atoms with Gasteiger partial charge < -0.3 is 5.73 Å². The van der Waals surface area contributed by atoms with E-state index in [0.29, 0.717) is 24.2 Å². The van der Waals surface area contributed by atoms with Crippen LogP contribution in [-0.2, 0) is 6.18 Å². The first kappa shape index (κ1) is 13.5. The molecule has 1 heterocycles. The number of nitrogens with zero attached hydrogens (tertiary/aromatic N) is 1. The molecule has 2 rings (SSSR count). The molecule has 18 heavy (non-hydrogen) atoms. The summed E-state index contributed by atoms with van der Waals surface area (Å²) in [5.41, 5.74) is 5.73. The van der Waals surface area contributed by atoms with Crippen LogP contribution in [0, 0.1) is 5.92 Å². The summed E-state index contributed by atoms with van der Waals surface area (Å²) in [6.07, 6.45) is -0.635. The number of rotatable bonds is 2. The average Bonchev–Trinajstić information content (AvgIpc) is 2.78. The first-order valence-corrected chi connectivity index (χ1v) is 6.52. The zero-order valence-corrected chi connectivity index (χ0v) is 10.4. The number of alkyl halides is 3. The quantitative estimate of drug-likeness (QED) is 0.846. The van der Waals surface area contributed by atoms with E-state index in [2.05, 4.69) is 4.98 Å². The van der Waals surface area contributed by atoms with Gasteiger partial charge in [-0.25, -0.2) is 4.98 Å². The largest absolute Gasteiger partial charge is 0.443 e. The predicted molar refractivity (Wildman–Crippen MR) is 61.4 cm³/mol. The van der Waals surface area contributed by atoms with Crippen LogP contribution in [0.4, 0.5) is 13.2 Å². The second kappa shape index (κ2) is 4.97. The zero-order chi connectivity index (χ0) is 13.3. The maximum absolute atomic E-state index is 12.4. The van der Waals surface area contributed by atoms with Crippen LogP contribution in [0.25, 0.3) is 0 Å². The molecule has 0 unspecified atom stereocenters. The van der Waals surface area contributed by atoms with Crippen LogP contribution in [0.3, 0.4) is 0 Å². The molecule has 0 aromatic carbocycles. The Balaban J connectivity index is 2.07. The molecular formula is C11H13F3N2OS. The van der Waals surface area contributed by atoms with Crippen molar-refractivity contribution in [2.45, 2.75) is 37.9 Å². The van der Waals surface area contributed by atoms with Crippen LogP contribution in [0.1, 0.15) is 40.4 Å². The molecule has 1 aromatic heterocycles. The van der Waals surface area contributed by atoms with Crippen LogP contribution in [0.2, 0.25) is 0 Å². The minimum absolute atomic E-state index is 0.0998. The smallest absolute Gasteiger partial charge is 0.328 e. The third kappa shape index (κ3) is 2.89. The number of Topliss-reactive ketones (excluding diaryl/α,β-unsaturated/α-hetero) is 1. The first-order valence-electron chi connectivity index (χ1n) is 5.70. The lowest BCUT2D eigenvalue weighted by molar-refractivity contribution is -0.137. The molecule has 7 heteroatoms. The first-order chi connectivity index (χ1) is 8.38. The summed E-state index contributed by atoms with van der Waals surface area (Å²) in [4.78, 5) is 15.4. The molecule has 1 aromatic rings. The van der Waals surface area contributed by atoms with E-state index in [0.717, 1.165) is 19.0 Å². The number of thiazole rings is 1. The van der Waals surface area contributed by atoms with Gasteiger partial charge in [-0.3, -0.25) is 4.79 Å². The molecule has 1 aliphatic rings. The number of aromatic nitrogens is 1. The molecule has 0 amide bonds. The molecular weight excluding hydrogens is 265 g/mol. The summed E-state index contributed by atoms with van der Waals surface area (Å²) in [7, 11) is 0. The molecule has 100 valence electrons. The van der Waals surface area contributed by atoms with Gasteiger partial charge in [0.2, 0.25) is 0 Å². The van der Waals surface area contributed by atoms with Crippen molar-refractivity contribution in [2.24, 2.45) is 11.7 Å². The van der Waals surface area contributed by atoms with Gasteiger partial charge in [0.25, 0.3) is 0 Å². The van der Waals surface area contributed by atoms with Crippen molar-refractivity contribution in [3.63, 3.8) is 0 Å². The number of carbonyl (C=O) groups excluding carboxylic acids is 1. The SMILES string of the molecule is NC1CCC(C(=O)c2cnc(C(F)(F)F)s2)CC1. The van der Waals surface area contributed by atoms with E-state index in [9.17, 15) is 18.0 Å². The number of nitrogens with two attached hydrogens (primary N) is 1. The summed E-state index contributed by atoms with van der Waals surface area (Å²) in [6.45, 7) is 0. The maximum atomic E-state index is 12.4. The number of carbonyl (C=O) groups is 1. The van der Waals surface area contributed by atoms with Gasteiger partial charge in [0.05, 0.1) is 4.88 Å². The second-order valence-electron chi connectivity index (χ2n) is 4.50. The summed E-state index contributed by atoms with van der Waals surface area (Å²) in [5, 5.41) is -0.960. The van der Waals surface area contributed by atoms with Gasteiger partial charge in [-0.15, -0.1) is 11.3 Å². The molecule has 2 N–H and O–H groups in total. The zero-order valence-electron chi connectivity index (χ0n) is 9.54. The Labute approximate surface area is 106 Å². The van der Waals surface area contributed by atoms with Gasteiger partial charge in [-0.05, 0) is 25.7 Å². The van der Waals surface area contributed by atoms with E-state index < -0.39 is 11.2 Å². The Morgan fingerprint density at radius 1 is 1.33 bits per heavy atom. The van der Waals surface area contributed by atoms with Crippen LogP contribution >= 0.6 is 11.3 Å². The van der Waals surface area contributed by atoms with Crippen LogP contribution in [0.5, 0.6) is 0 Å². The minimum Gasteiger partial charge on any atom is -0.328 e. The summed E-state index contributed by atoms with van der Waals surface area (Å²) < 4.78 is 37.1. The maximum Gasteiger partial charge on any atom is 0.443 e. The van der Waals surface area contributed by atoms with Crippen LogP contribution in [-0.4, -0.2) is 16.8 Å². The highest BCUT2D eigenvalue weighted by atomic mass is 32.1. The van der Waals surface area contributed by atoms with Crippen molar-refractivity contribution in [3.05, 3.63) is 16.1 Å². The molecule has 0 spiro atoms. The van der Waals surface area contributed by atoms with E-state index in [1.54, 1.807) is 0 Å². The molecule has 1 aliphatic carbocycles. The lowest BCUT2D eigenvalue weighted by atomic mass is 9.83. The van der Waals surface area contributed by atoms with Gasteiger partial charge >= 0.3 is 6.18 Å². The minimum atomic E-state index is -4.47. The van der Waals surface area contributed by atoms with E-state index in [-0.39, 0.29) is 22.6 Å². The normalized spacial score (nSPS) is 25.1. The van der Waals surface area contributed by atoms with Crippen molar-refractivity contribution in [1.82, 2.24) is 4.98 Å². The van der Waals surface area contributed by atoms with Crippen molar-refractivity contribution in [3.8, 4) is 0 Å². The third-order valence-corrected chi connectivity index (χ3v) is 4.19. The molecule has 0 aliphatic heterocycles. The van der Waals surface area contributed by atoms with Crippen molar-refractivity contribution in [2.75, 3.05) is 0 Å². The summed E-state index contributed by atoms with van der Waals surface area (Å²) >= 11 is 0.425. The van der Waals surface area contributed by atoms with Gasteiger partial charge in [-0.2, -0.15) is 13.2 Å². The van der Waals surface area contributed by atoms with Gasteiger partial charge in [0.1, 0.15) is 0 Å². The van der Waals surface area contributed by atoms with E-state index in [4.69, 9.17) is 5.73 Å². The Bertz CT molecular complexity index is 436. The fourth-order valence-corrected chi connectivity index (χ4v) is 2.90. The van der Waals surface area contributed by atoms with Gasteiger partial charge in [-0.1, -0.05) is 0 Å². The lowest BCUT2D eigenvalue weighted by Gasteiger charge is -2.24. The van der Waals surface area contributed by atoms with Crippen LogP contribution in [0.15, 0.2) is 6.20 Å². The number of ketones is 1. The van der Waals surface area contributed by atoms with Crippen molar-refractivity contribution < 1.29 is 18.0 Å². The third-order valence-electron chi connectivity index (χ3n) is 3.13. The molecule has 0 radical (unpaired) electrons. The highest BCUT2D eigenvalue weighted by Crippen LogP contribution is 2.34. The Hall–Kier alpha value is -0.950. The molecule has 0 atom stereocenters. The van der Waals surface area contributed by atoms with Crippen molar-refractivity contribution >= 4 is 17.1 Å². The molecule has 3 nitrogen and oxygen atoms in total. The second-order valence-corrected chi connectivity index (χ2v) is 5.53. The highest BCUT2D eigenvalue weighted by molar-refractivity contribution is 7.13. The van der Waals surface area contributed by atoms with Crippen molar-refractivity contribution in [1.29, 1.82) is 0 Å². The topological polar surface area (TPSA) is 56.0 Å². The highest BCUT2D eigenvalue weighted by Gasteiger charge is 2.36. The Kier molecular flexibility index (Phi) is 3.72. The fraction of sp³-hybridized carbons (Fsp3) is 0.636. The standard InChI is InChI=1S/C11H13F3N2OS/c12-11(13,14)10-16-5-8(18-10)9(17)6-1-3-7(15)4-2-6/h5-7H,1-4,15H2. The fourth-order valence-electron chi connectivity index (χ4n) is 2.10. The Morgan fingerprint density at radius 3 is 2.44 bits per heavy atom. The molecule has 1 fully saturated rings. The van der Waals surface area contributed by atoms with E-state index in [1.165, 1.54) is 0 Å². The number of halogens is 3. The summed E-state index contributed by atoms with van der Waals surface area (Å²) in [5.74, 6) is -0.429. The van der Waals surface area contributed by atoms with Gasteiger partial charge in [0, 0.05) is 18.2 Å². The average molecular weight is 278 g/mol. The van der Waals surface area contributed by atoms with Gasteiger partial charge in [0.15, 0.2) is 10.8 Å². The molecule has 0 saturated heterocycles. The Morgan fingerprint density at radius 2 is 1.94 bits per heavy atom. The lowest BCUT2D eigenvalue weighted by Crippen LogP contribution is -2.29. The molecule has 0 bridgehead atoms. The predicted octanol–water partition coefficient (Wildman–Crippen LogP) is 2.86. The number of hydrogen-bond acceptors (Lipinski definition) is 4. The monoisotopic (exact) mass is 278 g/mol. The summed E-state index contributed by atoms with van der Waals surface area (Å²) in [6, 6.07) is 0.112. The molecule has 1 saturated carbocycles.